The van der Waals surface area contributed by atoms with Crippen molar-refractivity contribution in [1.29, 1.82) is 0 Å². The number of para-hydroxylation sites is 1. The molecule has 0 aliphatic carbocycles. The van der Waals surface area contributed by atoms with Crippen LogP contribution in [0.25, 0.3) is 10.9 Å². The molecule has 204 valence electrons. The molecule has 4 heterocycles. The summed E-state index contributed by atoms with van der Waals surface area (Å²) < 4.78 is 0. The molecule has 6 heteroatoms. The van der Waals surface area contributed by atoms with E-state index in [0.29, 0.717) is 0 Å². The van der Waals surface area contributed by atoms with Gasteiger partial charge in [-0.3, -0.25) is 14.9 Å². The van der Waals surface area contributed by atoms with Gasteiger partial charge in [0.05, 0.1) is 17.9 Å². The van der Waals surface area contributed by atoms with Crippen LogP contribution < -0.4 is 5.32 Å². The summed E-state index contributed by atoms with van der Waals surface area (Å²) in [5.74, 6) is 0.756. The van der Waals surface area contributed by atoms with Gasteiger partial charge in [0.1, 0.15) is 0 Å². The van der Waals surface area contributed by atoms with E-state index < -0.39 is 0 Å². The lowest BCUT2D eigenvalue weighted by Gasteiger charge is -2.39. The first kappa shape index (κ1) is 29.3. The molecule has 37 heavy (non-hydrogen) atoms. The van der Waals surface area contributed by atoms with E-state index in [2.05, 4.69) is 75.1 Å². The van der Waals surface area contributed by atoms with Crippen LogP contribution in [0.5, 0.6) is 0 Å². The molecule has 2 atom stereocenters. The van der Waals surface area contributed by atoms with Crippen LogP contribution >= 0.6 is 0 Å². The van der Waals surface area contributed by atoms with E-state index in [4.69, 9.17) is 0 Å². The molecule has 2 unspecified atom stereocenters. The molecule has 2 aliphatic rings. The summed E-state index contributed by atoms with van der Waals surface area (Å²) in [6, 6.07) is 9.58. The normalized spacial score (nSPS) is 18.7. The van der Waals surface area contributed by atoms with Crippen LogP contribution in [0.1, 0.15) is 83.3 Å². The summed E-state index contributed by atoms with van der Waals surface area (Å²) in [5.41, 5.74) is 5.02. The first-order chi connectivity index (χ1) is 18.1. The molecule has 1 fully saturated rings. The third kappa shape index (κ3) is 7.62. The molecule has 5 rings (SSSR count). The van der Waals surface area contributed by atoms with Crippen LogP contribution in [0.2, 0.25) is 0 Å². The standard InChI is InChI=1S/C21H26N4.C8H18N2.C2H6/c1-3-15(2)8-12-25-13-9-17-16-6-4-5-7-18(16)24-20(17)21(25)19-14-22-10-11-23-19;1-3-4-5-10-6-8(7-10)9-2;1-2/h4-7,10-11,14-15,21,24H,3,8-9,12-13H2,1-2H3;8-9H,3-7H2,1-2H3;1-2H3. The van der Waals surface area contributed by atoms with Gasteiger partial charge < -0.3 is 15.2 Å². The maximum Gasteiger partial charge on any atom is 0.0946 e. The lowest BCUT2D eigenvalue weighted by atomic mass is 9.94. The second kappa shape index (κ2) is 15.2. The highest BCUT2D eigenvalue weighted by atomic mass is 15.2. The number of hydrogen-bond acceptors (Lipinski definition) is 5. The van der Waals surface area contributed by atoms with Crippen LogP contribution in [0, 0.1) is 5.92 Å². The predicted molar refractivity (Wildman–Crippen MR) is 157 cm³/mol. The summed E-state index contributed by atoms with van der Waals surface area (Å²) in [4.78, 5) is 17.7. The van der Waals surface area contributed by atoms with Crippen LogP contribution in [-0.2, 0) is 6.42 Å². The first-order valence-corrected chi connectivity index (χ1v) is 14.6. The average Bonchev–Trinajstić information content (AvgIpc) is 3.31. The molecule has 3 aromatic rings. The molecule has 0 spiro atoms. The minimum Gasteiger partial charge on any atom is -0.357 e. The van der Waals surface area contributed by atoms with Crippen molar-refractivity contribution in [1.82, 2.24) is 30.1 Å². The Morgan fingerprint density at radius 2 is 1.89 bits per heavy atom. The second-order valence-electron chi connectivity index (χ2n) is 10.3. The zero-order valence-electron chi connectivity index (χ0n) is 24.1. The Balaban J connectivity index is 0.000000266. The van der Waals surface area contributed by atoms with Gasteiger partial charge in [0, 0.05) is 54.7 Å². The number of aromatic amines is 1. The van der Waals surface area contributed by atoms with Crippen molar-refractivity contribution >= 4 is 10.9 Å². The molecule has 2 aromatic heterocycles. The lowest BCUT2D eigenvalue weighted by Crippen LogP contribution is -2.56. The highest BCUT2D eigenvalue weighted by molar-refractivity contribution is 5.85. The summed E-state index contributed by atoms with van der Waals surface area (Å²) in [7, 11) is 2.04. The number of rotatable bonds is 9. The molecular formula is C31H50N6. The number of benzene rings is 1. The van der Waals surface area contributed by atoms with Crippen LogP contribution in [0.15, 0.2) is 42.9 Å². The molecule has 1 aromatic carbocycles. The van der Waals surface area contributed by atoms with Gasteiger partial charge in [-0.1, -0.05) is 65.7 Å². The predicted octanol–water partition coefficient (Wildman–Crippen LogP) is 6.06. The molecule has 2 N–H and O–H groups in total. The van der Waals surface area contributed by atoms with Crippen molar-refractivity contribution in [3.05, 3.63) is 59.8 Å². The molecule has 0 saturated carbocycles. The Bertz CT molecular complexity index is 1020. The van der Waals surface area contributed by atoms with Crippen LogP contribution in [0.4, 0.5) is 0 Å². The quantitative estimate of drug-likeness (QED) is 0.369. The fourth-order valence-electron chi connectivity index (χ4n) is 5.23. The van der Waals surface area contributed by atoms with E-state index in [1.165, 1.54) is 67.5 Å². The third-order valence-electron chi connectivity index (χ3n) is 7.80. The van der Waals surface area contributed by atoms with Gasteiger partial charge in [-0.05, 0) is 56.9 Å². The van der Waals surface area contributed by atoms with Gasteiger partial charge in [0.15, 0.2) is 0 Å². The van der Waals surface area contributed by atoms with Crippen LogP contribution in [0.3, 0.4) is 0 Å². The summed E-state index contributed by atoms with van der Waals surface area (Å²) in [6.45, 7) is 16.9. The van der Waals surface area contributed by atoms with E-state index in [0.717, 1.165) is 37.2 Å². The van der Waals surface area contributed by atoms with Crippen molar-refractivity contribution in [2.75, 3.05) is 39.8 Å². The molecule has 0 bridgehead atoms. The molecule has 0 amide bonds. The number of unbranched alkanes of at least 4 members (excludes halogenated alkanes) is 1. The maximum atomic E-state index is 4.64. The van der Waals surface area contributed by atoms with Gasteiger partial charge in [-0.15, -0.1) is 0 Å². The zero-order valence-corrected chi connectivity index (χ0v) is 24.1. The molecule has 2 aliphatic heterocycles. The Labute approximate surface area is 225 Å². The molecular weight excluding hydrogens is 456 g/mol. The summed E-state index contributed by atoms with van der Waals surface area (Å²) in [5, 5.41) is 4.62. The smallest absolute Gasteiger partial charge is 0.0946 e. The SMILES string of the molecule is CC.CCC(C)CCN1CCc2c([nH]c3ccccc23)C1c1cnccn1.CCCCN1CC(NC)C1. The van der Waals surface area contributed by atoms with Gasteiger partial charge >= 0.3 is 0 Å². The van der Waals surface area contributed by atoms with E-state index in [1.807, 2.05) is 27.1 Å². The first-order valence-electron chi connectivity index (χ1n) is 14.6. The largest absolute Gasteiger partial charge is 0.357 e. The topological polar surface area (TPSA) is 60.1 Å². The highest BCUT2D eigenvalue weighted by Gasteiger charge is 2.32. The number of likely N-dealkylation sites (N-methyl/N-ethyl adjacent to an activating group) is 1. The van der Waals surface area contributed by atoms with E-state index in [9.17, 15) is 0 Å². The fraction of sp³-hybridized carbons (Fsp3) is 0.613. The van der Waals surface area contributed by atoms with Gasteiger partial charge in [-0.25, -0.2) is 0 Å². The Morgan fingerprint density at radius 1 is 1.11 bits per heavy atom. The van der Waals surface area contributed by atoms with Crippen molar-refractivity contribution < 1.29 is 0 Å². The number of fused-ring (bicyclic) bond motifs is 3. The third-order valence-corrected chi connectivity index (χ3v) is 7.80. The van der Waals surface area contributed by atoms with Gasteiger partial charge in [-0.2, -0.15) is 0 Å². The van der Waals surface area contributed by atoms with Crippen molar-refractivity contribution in [3.63, 3.8) is 0 Å². The van der Waals surface area contributed by atoms with Crippen molar-refractivity contribution in [2.24, 2.45) is 5.92 Å². The van der Waals surface area contributed by atoms with Gasteiger partial charge in [0.2, 0.25) is 0 Å². The van der Waals surface area contributed by atoms with Gasteiger partial charge in [0.25, 0.3) is 0 Å². The Kier molecular flexibility index (Phi) is 12.0. The van der Waals surface area contributed by atoms with Crippen LogP contribution in [-0.4, -0.2) is 70.6 Å². The molecule has 6 nitrogen and oxygen atoms in total. The number of aromatic nitrogens is 3. The zero-order chi connectivity index (χ0) is 26.6. The lowest BCUT2D eigenvalue weighted by molar-refractivity contribution is 0.130. The Morgan fingerprint density at radius 3 is 2.57 bits per heavy atom. The monoisotopic (exact) mass is 506 g/mol. The fourth-order valence-corrected chi connectivity index (χ4v) is 5.23. The van der Waals surface area contributed by atoms with E-state index in [-0.39, 0.29) is 6.04 Å². The number of likely N-dealkylation sites (tertiary alicyclic amines) is 1. The molecule has 1 saturated heterocycles. The van der Waals surface area contributed by atoms with E-state index in [1.54, 1.807) is 12.4 Å². The number of H-pyrrole nitrogens is 1. The minimum absolute atomic E-state index is 0.175. The van der Waals surface area contributed by atoms with E-state index >= 15 is 0 Å². The second-order valence-corrected chi connectivity index (χ2v) is 10.3. The number of nitrogens with one attached hydrogen (secondary N) is 2. The minimum atomic E-state index is 0.175. The number of hydrogen-bond donors (Lipinski definition) is 2. The molecule has 0 radical (unpaired) electrons. The van der Waals surface area contributed by atoms with Crippen molar-refractivity contribution in [2.45, 2.75) is 78.8 Å². The number of nitrogens with zero attached hydrogens (tertiary/aromatic N) is 4. The summed E-state index contributed by atoms with van der Waals surface area (Å²) in [6.07, 6.45) is 11.7. The summed E-state index contributed by atoms with van der Waals surface area (Å²) >= 11 is 0. The Hall–Kier alpha value is -2.28. The van der Waals surface area contributed by atoms with Crippen molar-refractivity contribution in [3.8, 4) is 0 Å². The maximum absolute atomic E-state index is 4.64. The highest BCUT2D eigenvalue weighted by Crippen LogP contribution is 2.37. The average molecular weight is 507 g/mol.